The van der Waals surface area contributed by atoms with Crippen molar-refractivity contribution in [1.82, 2.24) is 0 Å². The van der Waals surface area contributed by atoms with Gasteiger partial charge in [0.1, 0.15) is 0 Å². The fourth-order valence-electron chi connectivity index (χ4n) is 0.414. The first-order valence-electron chi connectivity index (χ1n) is 2.19. The minimum atomic E-state index is 0.660. The lowest BCUT2D eigenvalue weighted by Crippen LogP contribution is -1.83. The molecule has 0 amide bonds. The second-order valence-electron chi connectivity index (χ2n) is 1.51. The molecular weight excluding hydrogens is 95.0 g/mol. The number of hydrogen-bond donors (Lipinski definition) is 0. The maximum atomic E-state index is 4.96. The van der Waals surface area contributed by atoms with Crippen LogP contribution in [0.3, 0.4) is 0 Å². The van der Waals surface area contributed by atoms with Gasteiger partial charge in [-0.05, 0) is 12.8 Å². The van der Waals surface area contributed by atoms with E-state index in [9.17, 15) is 0 Å². The molecule has 1 saturated heterocycles. The van der Waals surface area contributed by atoms with Crippen molar-refractivity contribution in [2.45, 2.75) is 6.10 Å². The highest BCUT2D eigenvalue weighted by Gasteiger charge is 2.19. The summed E-state index contributed by atoms with van der Waals surface area (Å²) in [7, 11) is 1.08. The first-order valence-corrected chi connectivity index (χ1v) is 3.90. The van der Waals surface area contributed by atoms with Crippen molar-refractivity contribution in [2.75, 3.05) is 19.4 Å². The normalized spacial score (nSPS) is 32.5. The van der Waals surface area contributed by atoms with Gasteiger partial charge in [-0.3, -0.25) is 0 Å². The third-order valence-electron chi connectivity index (χ3n) is 0.834. The Labute approximate surface area is 39.9 Å². The zero-order valence-electron chi connectivity index (χ0n) is 3.90. The minimum absolute atomic E-state index is 0.660. The molecule has 36 valence electrons. The van der Waals surface area contributed by atoms with Crippen LogP contribution in [0, 0.1) is 0 Å². The minimum Gasteiger partial charge on any atom is -0.373 e. The molecule has 1 fully saturated rings. The fourth-order valence-corrected chi connectivity index (χ4v) is 1.10. The van der Waals surface area contributed by atoms with Gasteiger partial charge in [-0.15, -0.1) is 8.58 Å². The summed E-state index contributed by atoms with van der Waals surface area (Å²) in [4.78, 5) is 0. The Kier molecular flexibility index (Phi) is 1.44. The Balaban J connectivity index is 1.88. The first kappa shape index (κ1) is 4.55. The van der Waals surface area contributed by atoms with Gasteiger partial charge in [0.25, 0.3) is 0 Å². The zero-order chi connectivity index (χ0) is 4.41. The molecule has 0 aromatic heterocycles. The molecule has 1 nitrogen and oxygen atoms in total. The summed E-state index contributed by atoms with van der Waals surface area (Å²) in [6, 6.07) is 0. The Hall–Kier alpha value is 0.390. The van der Waals surface area contributed by atoms with Crippen molar-refractivity contribution in [2.24, 2.45) is 0 Å². The van der Waals surface area contributed by atoms with Gasteiger partial charge in [0, 0.05) is 0 Å². The summed E-state index contributed by atoms with van der Waals surface area (Å²) in [5, 5.41) is 0. The molecule has 2 heteroatoms. The van der Waals surface area contributed by atoms with Gasteiger partial charge >= 0.3 is 0 Å². The molecule has 1 heterocycles. The summed E-state index contributed by atoms with van der Waals surface area (Å²) in [6.07, 6.45) is 1.95. The molecule has 1 aliphatic heterocycles. The molecule has 1 aliphatic rings. The van der Waals surface area contributed by atoms with Crippen molar-refractivity contribution in [3.8, 4) is 0 Å². The second-order valence-corrected chi connectivity index (χ2v) is 2.63. The van der Waals surface area contributed by atoms with Crippen LogP contribution in [0.1, 0.15) is 0 Å². The average Bonchev–Trinajstić information content (AvgIpc) is 2.21. The SMILES string of the molecule is CPCC1CO1. The molecule has 2 atom stereocenters. The van der Waals surface area contributed by atoms with Gasteiger partial charge < -0.3 is 4.74 Å². The van der Waals surface area contributed by atoms with Crippen LogP contribution >= 0.6 is 8.58 Å². The lowest BCUT2D eigenvalue weighted by molar-refractivity contribution is 0.425. The van der Waals surface area contributed by atoms with Crippen LogP contribution in [0.15, 0.2) is 0 Å². The van der Waals surface area contributed by atoms with Gasteiger partial charge in [-0.2, -0.15) is 0 Å². The van der Waals surface area contributed by atoms with Crippen LogP contribution < -0.4 is 0 Å². The summed E-state index contributed by atoms with van der Waals surface area (Å²) in [5.74, 6) is 0. The molecule has 0 aliphatic carbocycles. The van der Waals surface area contributed by atoms with Crippen molar-refractivity contribution >= 4 is 8.58 Å². The van der Waals surface area contributed by atoms with Gasteiger partial charge in [0.15, 0.2) is 0 Å². The number of epoxide rings is 1. The van der Waals surface area contributed by atoms with E-state index in [0.717, 1.165) is 15.2 Å². The summed E-state index contributed by atoms with van der Waals surface area (Å²) in [6.45, 7) is 3.24. The summed E-state index contributed by atoms with van der Waals surface area (Å²) < 4.78 is 4.96. The third kappa shape index (κ3) is 1.24. The van der Waals surface area contributed by atoms with E-state index in [1.54, 1.807) is 0 Å². The maximum Gasteiger partial charge on any atom is 0.0846 e. The first-order chi connectivity index (χ1) is 2.93. The Morgan fingerprint density at radius 2 is 2.67 bits per heavy atom. The fraction of sp³-hybridized carbons (Fsp3) is 1.00. The molecule has 2 unspecified atom stereocenters. The largest absolute Gasteiger partial charge is 0.373 e. The third-order valence-corrected chi connectivity index (χ3v) is 1.70. The van der Waals surface area contributed by atoms with E-state index in [-0.39, 0.29) is 0 Å². The van der Waals surface area contributed by atoms with Crippen molar-refractivity contribution < 1.29 is 4.74 Å². The molecule has 0 radical (unpaired) electrons. The Morgan fingerprint density at radius 3 is 2.83 bits per heavy atom. The molecule has 0 bridgehead atoms. The topological polar surface area (TPSA) is 12.5 Å². The highest BCUT2D eigenvalue weighted by atomic mass is 31.1. The van der Waals surface area contributed by atoms with E-state index < -0.39 is 0 Å². The Bertz CT molecular complexity index is 42.8. The molecule has 0 saturated carbocycles. The lowest BCUT2D eigenvalue weighted by atomic mass is 10.6. The van der Waals surface area contributed by atoms with Crippen molar-refractivity contribution in [3.63, 3.8) is 0 Å². The van der Waals surface area contributed by atoms with Crippen LogP contribution in [0.2, 0.25) is 0 Å². The Morgan fingerprint density at radius 1 is 2.00 bits per heavy atom. The van der Waals surface area contributed by atoms with Crippen LogP contribution in [0.5, 0.6) is 0 Å². The van der Waals surface area contributed by atoms with Gasteiger partial charge in [0.05, 0.1) is 12.7 Å². The smallest absolute Gasteiger partial charge is 0.0846 e. The molecule has 0 N–H and O–H groups in total. The van der Waals surface area contributed by atoms with Crippen LogP contribution in [0.25, 0.3) is 0 Å². The zero-order valence-corrected chi connectivity index (χ0v) is 4.90. The number of hydrogen-bond acceptors (Lipinski definition) is 1. The summed E-state index contributed by atoms with van der Waals surface area (Å²) in [5.41, 5.74) is 0. The lowest BCUT2D eigenvalue weighted by Gasteiger charge is -1.80. The van der Waals surface area contributed by atoms with E-state index in [2.05, 4.69) is 6.66 Å². The standard InChI is InChI=1S/C4H9OP/c1-6-3-4-2-5-4/h4,6H,2-3H2,1H3. The van der Waals surface area contributed by atoms with Gasteiger partial charge in [-0.1, -0.05) is 0 Å². The number of rotatable bonds is 2. The molecule has 0 spiro atoms. The summed E-state index contributed by atoms with van der Waals surface area (Å²) >= 11 is 0. The van der Waals surface area contributed by atoms with Crippen LogP contribution in [0.4, 0.5) is 0 Å². The average molecular weight is 104 g/mol. The van der Waals surface area contributed by atoms with E-state index in [0.29, 0.717) is 6.10 Å². The van der Waals surface area contributed by atoms with E-state index in [4.69, 9.17) is 4.74 Å². The maximum absolute atomic E-state index is 4.96. The highest BCUT2D eigenvalue weighted by molar-refractivity contribution is 7.37. The van der Waals surface area contributed by atoms with Crippen LogP contribution in [-0.2, 0) is 4.74 Å². The molecule has 0 aromatic rings. The molecule has 1 rings (SSSR count). The van der Waals surface area contributed by atoms with Crippen molar-refractivity contribution in [1.29, 1.82) is 0 Å². The van der Waals surface area contributed by atoms with E-state index in [1.807, 2.05) is 0 Å². The van der Waals surface area contributed by atoms with Crippen molar-refractivity contribution in [3.05, 3.63) is 0 Å². The van der Waals surface area contributed by atoms with Crippen LogP contribution in [-0.4, -0.2) is 25.5 Å². The predicted molar refractivity (Wildman–Crippen MR) is 28.8 cm³/mol. The highest BCUT2D eigenvalue weighted by Crippen LogP contribution is 2.16. The number of ether oxygens (including phenoxy) is 1. The molecular formula is C4H9OP. The predicted octanol–water partition coefficient (Wildman–Crippen LogP) is 0.694. The second kappa shape index (κ2) is 1.90. The van der Waals surface area contributed by atoms with E-state index in [1.165, 1.54) is 6.16 Å². The monoisotopic (exact) mass is 104 g/mol. The molecule has 6 heavy (non-hydrogen) atoms. The van der Waals surface area contributed by atoms with Gasteiger partial charge in [0.2, 0.25) is 0 Å². The molecule has 0 aromatic carbocycles. The van der Waals surface area contributed by atoms with Gasteiger partial charge in [-0.25, -0.2) is 0 Å². The van der Waals surface area contributed by atoms with E-state index >= 15 is 0 Å². The quantitative estimate of drug-likeness (QED) is 0.371.